The molecule has 0 spiro atoms. The molecule has 19 heavy (non-hydrogen) atoms. The first-order chi connectivity index (χ1) is 8.99. The van der Waals surface area contributed by atoms with Crippen molar-refractivity contribution < 1.29 is 8.78 Å². The van der Waals surface area contributed by atoms with Crippen LogP contribution in [0.1, 0.15) is 5.56 Å². The van der Waals surface area contributed by atoms with E-state index in [0.29, 0.717) is 12.1 Å². The molecule has 0 aliphatic carbocycles. The lowest BCUT2D eigenvalue weighted by Gasteiger charge is -2.28. The average molecular weight is 264 g/mol. The molecule has 1 unspecified atom stereocenters. The molecule has 1 atom stereocenters. The Morgan fingerprint density at radius 2 is 2.11 bits per heavy atom. The molecule has 1 aromatic rings. The highest BCUT2D eigenvalue weighted by molar-refractivity contribution is 5.51. The normalized spacial score (nSPS) is 19.2. The number of rotatable bonds is 0. The minimum atomic E-state index is -0.832. The fourth-order valence-electron chi connectivity index (χ4n) is 1.63. The molecule has 5 N–H and O–H groups in total. The van der Waals surface area contributed by atoms with Crippen molar-refractivity contribution in [1.29, 1.82) is 0 Å². The molecule has 0 fully saturated rings. The molecule has 6 heteroatoms. The van der Waals surface area contributed by atoms with Crippen molar-refractivity contribution in [3.05, 3.63) is 41.1 Å². The van der Waals surface area contributed by atoms with Gasteiger partial charge in [0, 0.05) is 18.3 Å². The number of hydrogen-bond donors (Lipinski definition) is 3. The van der Waals surface area contributed by atoms with Gasteiger partial charge in [0.2, 0.25) is 0 Å². The van der Waals surface area contributed by atoms with E-state index in [4.69, 9.17) is 11.5 Å². The van der Waals surface area contributed by atoms with E-state index in [1.807, 2.05) is 11.9 Å². The van der Waals surface area contributed by atoms with E-state index in [1.54, 1.807) is 6.20 Å². The summed E-state index contributed by atoms with van der Waals surface area (Å²) >= 11 is 0. The highest BCUT2D eigenvalue weighted by Crippen LogP contribution is 2.17. The first-order valence-electron chi connectivity index (χ1n) is 5.65. The van der Waals surface area contributed by atoms with Crippen LogP contribution in [-0.4, -0.2) is 24.8 Å². The van der Waals surface area contributed by atoms with Crippen LogP contribution in [0.15, 0.2) is 23.9 Å². The van der Waals surface area contributed by atoms with Gasteiger partial charge < -0.3 is 11.1 Å². The van der Waals surface area contributed by atoms with Crippen LogP contribution < -0.4 is 16.8 Å². The van der Waals surface area contributed by atoms with E-state index >= 15 is 0 Å². The van der Waals surface area contributed by atoms with Gasteiger partial charge in [-0.05, 0) is 19.2 Å². The minimum absolute atomic E-state index is 0.124. The lowest BCUT2D eigenvalue weighted by molar-refractivity contribution is 0.232. The summed E-state index contributed by atoms with van der Waals surface area (Å²) in [5, 5.41) is 2.89. The molecule has 0 aromatic heterocycles. The van der Waals surface area contributed by atoms with Crippen LogP contribution in [0.3, 0.4) is 0 Å². The highest BCUT2D eigenvalue weighted by Gasteiger charge is 2.14. The fraction of sp³-hybridized carbons (Fsp3) is 0.231. The van der Waals surface area contributed by atoms with Crippen molar-refractivity contribution in [1.82, 2.24) is 10.2 Å². The summed E-state index contributed by atoms with van der Waals surface area (Å²) in [6.07, 6.45) is 1.35. The molecule has 1 aliphatic heterocycles. The van der Waals surface area contributed by atoms with Gasteiger partial charge in [-0.25, -0.2) is 8.78 Å². The molecule has 1 aliphatic rings. The molecule has 0 bridgehead atoms. The first kappa shape index (κ1) is 13.3. The molecule has 2 rings (SSSR count). The predicted molar refractivity (Wildman–Crippen MR) is 69.5 cm³/mol. The third-order valence-electron chi connectivity index (χ3n) is 2.79. The second-order valence-electron chi connectivity index (χ2n) is 4.27. The maximum Gasteiger partial charge on any atom is 0.164 e. The molecule has 0 saturated heterocycles. The zero-order valence-electron chi connectivity index (χ0n) is 10.4. The fourth-order valence-corrected chi connectivity index (χ4v) is 1.63. The van der Waals surface area contributed by atoms with Crippen LogP contribution in [0, 0.1) is 23.5 Å². The van der Waals surface area contributed by atoms with Gasteiger partial charge in [0.1, 0.15) is 12.1 Å². The van der Waals surface area contributed by atoms with Crippen molar-refractivity contribution in [2.24, 2.45) is 5.73 Å². The number of hydrogen-bond acceptors (Lipinski definition) is 4. The summed E-state index contributed by atoms with van der Waals surface area (Å²) < 4.78 is 27.1. The summed E-state index contributed by atoms with van der Waals surface area (Å²) in [6, 6.07) is 2.27. The molecule has 1 aromatic carbocycles. The summed E-state index contributed by atoms with van der Waals surface area (Å²) in [4.78, 5) is 1.82. The van der Waals surface area contributed by atoms with Crippen molar-refractivity contribution in [2.45, 2.75) is 6.29 Å². The SMILES string of the molecule is CN1CC(C#Cc2c(F)ccc(N)c2F)=CNC1N. The zero-order chi connectivity index (χ0) is 14.0. The summed E-state index contributed by atoms with van der Waals surface area (Å²) in [5.41, 5.74) is 11.3. The Bertz CT molecular complexity index is 586. The molecule has 0 amide bonds. The number of nitrogen functional groups attached to an aromatic ring is 1. The Kier molecular flexibility index (Phi) is 3.69. The van der Waals surface area contributed by atoms with E-state index in [0.717, 1.165) is 6.07 Å². The first-order valence-corrected chi connectivity index (χ1v) is 5.65. The van der Waals surface area contributed by atoms with Crippen LogP contribution >= 0.6 is 0 Å². The molecular weight excluding hydrogens is 250 g/mol. The summed E-state index contributed by atoms with van der Waals surface area (Å²) in [6.45, 7) is 0.507. The minimum Gasteiger partial charge on any atom is -0.396 e. The van der Waals surface area contributed by atoms with Crippen molar-refractivity contribution in [3.63, 3.8) is 0 Å². The number of anilines is 1. The molecule has 100 valence electrons. The third-order valence-corrected chi connectivity index (χ3v) is 2.79. The third kappa shape index (κ3) is 2.84. The van der Waals surface area contributed by atoms with Gasteiger partial charge in [-0.1, -0.05) is 11.8 Å². The van der Waals surface area contributed by atoms with Gasteiger partial charge >= 0.3 is 0 Å². The maximum absolute atomic E-state index is 13.6. The Morgan fingerprint density at radius 3 is 2.79 bits per heavy atom. The number of benzene rings is 1. The molecular formula is C13H14F2N4. The lowest BCUT2D eigenvalue weighted by atomic mass is 10.1. The smallest absolute Gasteiger partial charge is 0.164 e. The van der Waals surface area contributed by atoms with E-state index in [1.165, 1.54) is 6.07 Å². The number of nitrogens with two attached hydrogens (primary N) is 2. The largest absolute Gasteiger partial charge is 0.396 e. The molecule has 0 saturated carbocycles. The topological polar surface area (TPSA) is 67.3 Å². The Hall–Kier alpha value is -2.10. The summed E-state index contributed by atoms with van der Waals surface area (Å²) in [7, 11) is 1.81. The van der Waals surface area contributed by atoms with Crippen LogP contribution in [0.4, 0.5) is 14.5 Å². The second-order valence-corrected chi connectivity index (χ2v) is 4.27. The number of nitrogens with zero attached hydrogens (tertiary/aromatic N) is 1. The Balaban J connectivity index is 2.29. The second kappa shape index (κ2) is 5.26. The molecule has 1 heterocycles. The van der Waals surface area contributed by atoms with Gasteiger partial charge in [-0.3, -0.25) is 10.6 Å². The van der Waals surface area contributed by atoms with Crippen LogP contribution in [0.5, 0.6) is 0 Å². The van der Waals surface area contributed by atoms with E-state index in [-0.39, 0.29) is 17.5 Å². The Morgan fingerprint density at radius 1 is 1.37 bits per heavy atom. The molecule has 0 radical (unpaired) electrons. The van der Waals surface area contributed by atoms with E-state index < -0.39 is 11.6 Å². The zero-order valence-corrected chi connectivity index (χ0v) is 10.4. The lowest BCUT2D eigenvalue weighted by Crippen LogP contribution is -2.51. The average Bonchev–Trinajstić information content (AvgIpc) is 2.38. The summed E-state index contributed by atoms with van der Waals surface area (Å²) in [5.74, 6) is 3.63. The van der Waals surface area contributed by atoms with Gasteiger partial charge in [-0.15, -0.1) is 0 Å². The van der Waals surface area contributed by atoms with Crippen LogP contribution in [0.2, 0.25) is 0 Å². The molecule has 4 nitrogen and oxygen atoms in total. The quantitative estimate of drug-likeness (QED) is 0.473. The standard InChI is InChI=1S/C13H14F2N4/c1-19-7-8(6-18-13(19)17)2-3-9-10(14)4-5-11(16)12(9)15/h4-6,13,18H,7,16-17H2,1H3. The number of likely N-dealkylation sites (N-methyl/N-ethyl adjacent to an activating group) is 1. The van der Waals surface area contributed by atoms with Gasteiger partial charge in [0.15, 0.2) is 5.82 Å². The van der Waals surface area contributed by atoms with E-state index in [2.05, 4.69) is 17.2 Å². The Labute approximate surface area is 110 Å². The van der Waals surface area contributed by atoms with Crippen molar-refractivity contribution >= 4 is 5.69 Å². The van der Waals surface area contributed by atoms with Crippen molar-refractivity contribution in [3.8, 4) is 11.8 Å². The predicted octanol–water partition coefficient (Wildman–Crippen LogP) is 0.560. The maximum atomic E-state index is 13.6. The number of halogens is 2. The van der Waals surface area contributed by atoms with Gasteiger partial charge in [0.05, 0.1) is 11.3 Å². The van der Waals surface area contributed by atoms with Crippen LogP contribution in [0.25, 0.3) is 0 Å². The number of nitrogens with one attached hydrogen (secondary N) is 1. The van der Waals surface area contributed by atoms with Crippen LogP contribution in [-0.2, 0) is 0 Å². The monoisotopic (exact) mass is 264 g/mol. The van der Waals surface area contributed by atoms with Gasteiger partial charge in [-0.2, -0.15) is 0 Å². The highest BCUT2D eigenvalue weighted by atomic mass is 19.1. The van der Waals surface area contributed by atoms with E-state index in [9.17, 15) is 8.78 Å². The van der Waals surface area contributed by atoms with Crippen molar-refractivity contribution in [2.75, 3.05) is 19.3 Å². The van der Waals surface area contributed by atoms with Gasteiger partial charge in [0.25, 0.3) is 0 Å².